The molecule has 23 heavy (non-hydrogen) atoms. The van der Waals surface area contributed by atoms with Gasteiger partial charge in [-0.05, 0) is 0 Å². The molecule has 0 radical (unpaired) electrons. The number of hydrogen-bond donors (Lipinski definition) is 4. The first kappa shape index (κ1) is 15.6. The van der Waals surface area contributed by atoms with E-state index < -0.39 is 34.5 Å². The number of aromatic nitrogens is 2. The summed E-state index contributed by atoms with van der Waals surface area (Å²) in [6, 6.07) is -3.05. The first-order valence-corrected chi connectivity index (χ1v) is 7.70. The number of hydrogen-bond acceptors (Lipinski definition) is 8. The topological polar surface area (TPSA) is 186 Å². The van der Waals surface area contributed by atoms with Crippen molar-refractivity contribution in [3.05, 3.63) is 17.5 Å². The van der Waals surface area contributed by atoms with E-state index in [1.807, 2.05) is 5.43 Å². The summed E-state index contributed by atoms with van der Waals surface area (Å²) in [6.07, 6.45) is 1.29. The van der Waals surface area contributed by atoms with E-state index in [4.69, 9.17) is 16.1 Å². The van der Waals surface area contributed by atoms with E-state index in [1.54, 1.807) is 0 Å². The zero-order valence-corrected chi connectivity index (χ0v) is 12.3. The summed E-state index contributed by atoms with van der Waals surface area (Å²) in [6.45, 7) is 0.0611. The molecule has 2 aliphatic heterocycles. The molecule has 1 aromatic heterocycles. The lowest BCUT2D eigenvalue weighted by atomic mass is 9.98. The van der Waals surface area contributed by atoms with Gasteiger partial charge in [-0.25, -0.2) is 15.4 Å². The molecule has 2 bridgehead atoms. The molecular weight excluding hydrogens is 334 g/mol. The number of nitrogens with zero attached hydrogens (tertiary/aromatic N) is 4. The zero-order valence-electron chi connectivity index (χ0n) is 11.5. The highest BCUT2D eigenvalue weighted by molar-refractivity contribution is 7.80. The number of nitrogens with two attached hydrogens (primary N) is 2. The fourth-order valence-corrected chi connectivity index (χ4v) is 3.11. The van der Waals surface area contributed by atoms with Gasteiger partial charge in [0.2, 0.25) is 0 Å². The van der Waals surface area contributed by atoms with Gasteiger partial charge in [0.1, 0.15) is 6.04 Å². The first-order chi connectivity index (χ1) is 10.8. The molecule has 1 aromatic rings. The van der Waals surface area contributed by atoms with Crippen LogP contribution in [0.25, 0.3) is 0 Å². The first-order valence-electron chi connectivity index (χ1n) is 6.34. The van der Waals surface area contributed by atoms with E-state index in [-0.39, 0.29) is 13.1 Å². The van der Waals surface area contributed by atoms with Gasteiger partial charge in [0, 0.05) is 18.3 Å². The predicted molar refractivity (Wildman–Crippen MR) is 71.5 cm³/mol. The normalized spacial score (nSPS) is 23.2. The minimum absolute atomic E-state index is 0.00751. The van der Waals surface area contributed by atoms with Crippen LogP contribution in [0, 0.1) is 0 Å². The minimum atomic E-state index is -4.90. The number of amides is 3. The zero-order chi connectivity index (χ0) is 16.9. The largest absolute Gasteiger partial charge is 0.418 e. The van der Waals surface area contributed by atoms with Crippen LogP contribution in [0.3, 0.4) is 0 Å². The number of urea groups is 1. The lowest BCUT2D eigenvalue weighted by Gasteiger charge is -2.28. The highest BCUT2D eigenvalue weighted by Crippen LogP contribution is 2.43. The number of carbonyl (C=O) groups is 2. The molecule has 1 saturated heterocycles. The summed E-state index contributed by atoms with van der Waals surface area (Å²) in [5.41, 5.74) is 8.25. The van der Waals surface area contributed by atoms with E-state index in [0.717, 1.165) is 4.68 Å². The molecule has 13 nitrogen and oxygen atoms in total. The monoisotopic (exact) mass is 347 g/mol. The molecule has 3 amide bonds. The Kier molecular flexibility index (Phi) is 3.49. The summed E-state index contributed by atoms with van der Waals surface area (Å²) < 4.78 is 36.0. The maximum Gasteiger partial charge on any atom is 0.418 e. The number of fused-ring (bicyclic) bond motifs is 4. The van der Waals surface area contributed by atoms with E-state index >= 15 is 0 Å². The van der Waals surface area contributed by atoms with Crippen molar-refractivity contribution < 1.29 is 26.8 Å². The summed E-state index contributed by atoms with van der Waals surface area (Å²) in [7, 11) is -4.90. The van der Waals surface area contributed by atoms with Crippen LogP contribution in [0.1, 0.15) is 23.3 Å². The van der Waals surface area contributed by atoms with E-state index in [2.05, 4.69) is 9.38 Å². The van der Waals surface area contributed by atoms with Crippen molar-refractivity contribution >= 4 is 22.5 Å². The van der Waals surface area contributed by atoms with Crippen LogP contribution >= 0.6 is 0 Å². The number of hydroxylamine groups is 2. The Hall–Kier alpha value is -2.26. The van der Waals surface area contributed by atoms with Crippen LogP contribution in [0.15, 0.2) is 6.20 Å². The fourth-order valence-electron chi connectivity index (χ4n) is 2.74. The molecule has 126 valence electrons. The van der Waals surface area contributed by atoms with Crippen LogP contribution < -0.4 is 17.0 Å². The summed E-state index contributed by atoms with van der Waals surface area (Å²) in [5, 5.41) is 4.55. The second-order valence-electron chi connectivity index (χ2n) is 4.89. The quantitative estimate of drug-likeness (QED) is 0.204. The molecule has 2 aliphatic rings. The fraction of sp³-hybridized carbons (Fsp3) is 0.444. The van der Waals surface area contributed by atoms with Crippen LogP contribution in [0.2, 0.25) is 0 Å². The van der Waals surface area contributed by atoms with Crippen molar-refractivity contribution in [3.63, 3.8) is 0 Å². The van der Waals surface area contributed by atoms with Crippen LogP contribution in [-0.2, 0) is 14.7 Å². The number of nitrogens with one attached hydrogen (secondary N) is 1. The van der Waals surface area contributed by atoms with Gasteiger partial charge in [-0.15, -0.1) is 4.28 Å². The highest BCUT2D eigenvalue weighted by Gasteiger charge is 2.51. The Bertz CT molecular complexity index is 775. The van der Waals surface area contributed by atoms with Gasteiger partial charge in [0.25, 0.3) is 0 Å². The van der Waals surface area contributed by atoms with Crippen molar-refractivity contribution in [2.24, 2.45) is 11.6 Å². The van der Waals surface area contributed by atoms with E-state index in [0.29, 0.717) is 16.3 Å². The van der Waals surface area contributed by atoms with E-state index in [1.165, 1.54) is 11.1 Å². The van der Waals surface area contributed by atoms with Gasteiger partial charge >= 0.3 is 22.5 Å². The van der Waals surface area contributed by atoms with Crippen molar-refractivity contribution in [1.29, 1.82) is 0 Å². The number of hydrazine groups is 1. The Morgan fingerprint density at radius 2 is 2.26 bits per heavy atom. The standard InChI is InChI=1S/C9H13N7O6S/c10-1-5-7-4(2-15(13-7)8(17)12-11)6-3-14(5)9(18)16(6)22-23(19,20)21/h2,5-6H,1,3,10-11H2,(H,12,17)(H,19,20,21)/t5?,6-/m1/s1. The second kappa shape index (κ2) is 5.14. The summed E-state index contributed by atoms with van der Waals surface area (Å²) in [5.74, 6) is 5.04. The van der Waals surface area contributed by atoms with Crippen molar-refractivity contribution in [3.8, 4) is 0 Å². The molecular formula is C9H13N7O6S. The van der Waals surface area contributed by atoms with Crippen molar-refractivity contribution in [2.45, 2.75) is 12.1 Å². The van der Waals surface area contributed by atoms with Gasteiger partial charge < -0.3 is 10.6 Å². The molecule has 1 fully saturated rings. The smallest absolute Gasteiger partial charge is 0.328 e. The molecule has 2 atom stereocenters. The molecule has 1 unspecified atom stereocenters. The third-order valence-electron chi connectivity index (χ3n) is 3.64. The third-order valence-corrected chi connectivity index (χ3v) is 3.99. The SMILES string of the molecule is NCC1c2nn(C(=O)NN)cc2[C@H]2CN1C(=O)N2OS(=O)(=O)O. The minimum Gasteiger partial charge on any atom is -0.328 e. The van der Waals surface area contributed by atoms with Gasteiger partial charge in [0.05, 0.1) is 18.3 Å². The van der Waals surface area contributed by atoms with Crippen LogP contribution in [0.4, 0.5) is 9.59 Å². The molecule has 3 heterocycles. The summed E-state index contributed by atoms with van der Waals surface area (Å²) >= 11 is 0. The van der Waals surface area contributed by atoms with Gasteiger partial charge in [-0.3, -0.25) is 9.98 Å². The van der Waals surface area contributed by atoms with E-state index in [9.17, 15) is 18.0 Å². The molecule has 14 heteroatoms. The molecule has 0 aliphatic carbocycles. The number of rotatable bonds is 3. The molecule has 6 N–H and O–H groups in total. The third kappa shape index (κ3) is 2.41. The Labute approximate surface area is 129 Å². The van der Waals surface area contributed by atoms with Crippen LogP contribution in [-0.4, -0.2) is 57.9 Å². The highest BCUT2D eigenvalue weighted by atomic mass is 32.3. The average Bonchev–Trinajstić information content (AvgIpc) is 3.03. The molecule has 0 saturated carbocycles. The Morgan fingerprint density at radius 3 is 2.83 bits per heavy atom. The maximum absolute atomic E-state index is 12.2. The molecule has 0 aromatic carbocycles. The lowest BCUT2D eigenvalue weighted by molar-refractivity contribution is -0.0317. The Balaban J connectivity index is 2.06. The predicted octanol–water partition coefficient (Wildman–Crippen LogP) is -2.16. The molecule has 0 spiro atoms. The summed E-state index contributed by atoms with van der Waals surface area (Å²) in [4.78, 5) is 25.1. The van der Waals surface area contributed by atoms with Crippen molar-refractivity contribution in [2.75, 3.05) is 13.1 Å². The average molecular weight is 347 g/mol. The number of carbonyl (C=O) groups excluding carboxylic acids is 2. The number of nitrogen functional groups attached to an aromatic ring is 1. The van der Waals surface area contributed by atoms with Gasteiger partial charge in [0.15, 0.2) is 0 Å². The van der Waals surface area contributed by atoms with Gasteiger partial charge in [-0.1, -0.05) is 0 Å². The molecule has 3 rings (SSSR count). The van der Waals surface area contributed by atoms with Crippen LogP contribution in [0.5, 0.6) is 0 Å². The maximum atomic E-state index is 12.2. The second-order valence-corrected chi connectivity index (χ2v) is 5.90. The van der Waals surface area contributed by atoms with Crippen molar-refractivity contribution in [1.82, 2.24) is 25.2 Å². The lowest BCUT2D eigenvalue weighted by Crippen LogP contribution is -2.39. The van der Waals surface area contributed by atoms with Gasteiger partial charge in [-0.2, -0.15) is 23.3 Å². The Morgan fingerprint density at radius 1 is 1.57 bits per heavy atom.